The van der Waals surface area contributed by atoms with Crippen molar-refractivity contribution in [1.29, 1.82) is 0 Å². The van der Waals surface area contributed by atoms with Gasteiger partial charge in [0.15, 0.2) is 15.2 Å². The number of H-pyrrole nitrogens is 1. The first kappa shape index (κ1) is 17.9. The van der Waals surface area contributed by atoms with Gasteiger partial charge in [-0.25, -0.2) is 9.37 Å². The number of benzene rings is 1. The Morgan fingerprint density at radius 3 is 3.10 bits per heavy atom. The number of halogens is 1. The standard InChI is InChI=1S/C21H15FN4O2S2/c22-10-4-6-16-13(8-10)25-21(29-16)30-17-7-5-15(28-17)18-11-9-23-26-20(11)24-12-2-1-3-14(27)19(12)18/h4-9,18H,1-3H2,(H2,23,24,26). The monoisotopic (exact) mass is 438 g/mol. The van der Waals surface area contributed by atoms with E-state index in [9.17, 15) is 9.18 Å². The molecular formula is C21H15FN4O2S2. The zero-order valence-corrected chi connectivity index (χ0v) is 17.2. The minimum Gasteiger partial charge on any atom is -0.453 e. The predicted molar refractivity (Wildman–Crippen MR) is 112 cm³/mol. The second-order valence-electron chi connectivity index (χ2n) is 7.28. The molecule has 0 saturated heterocycles. The summed E-state index contributed by atoms with van der Waals surface area (Å²) in [6.45, 7) is 0. The smallest absolute Gasteiger partial charge is 0.167 e. The maximum Gasteiger partial charge on any atom is 0.167 e. The van der Waals surface area contributed by atoms with Crippen LogP contribution in [-0.2, 0) is 4.79 Å². The third-order valence-electron chi connectivity index (χ3n) is 5.40. The topological polar surface area (TPSA) is 83.8 Å². The lowest BCUT2D eigenvalue weighted by molar-refractivity contribution is -0.116. The van der Waals surface area contributed by atoms with E-state index in [0.29, 0.717) is 22.8 Å². The fourth-order valence-electron chi connectivity index (χ4n) is 4.10. The molecule has 0 saturated carbocycles. The minimum atomic E-state index is -0.298. The molecule has 1 unspecified atom stereocenters. The normalized spacial score (nSPS) is 18.4. The number of hydrogen-bond acceptors (Lipinski definition) is 7. The van der Waals surface area contributed by atoms with E-state index in [2.05, 4.69) is 20.5 Å². The highest BCUT2D eigenvalue weighted by molar-refractivity contribution is 8.01. The highest BCUT2D eigenvalue weighted by Crippen LogP contribution is 2.46. The van der Waals surface area contributed by atoms with Crippen molar-refractivity contribution in [3.05, 3.63) is 64.9 Å². The Labute approximate surface area is 178 Å². The molecule has 6 rings (SSSR count). The molecule has 0 bridgehead atoms. The van der Waals surface area contributed by atoms with Gasteiger partial charge >= 0.3 is 0 Å². The number of ketones is 1. The van der Waals surface area contributed by atoms with E-state index in [1.54, 1.807) is 12.3 Å². The molecule has 1 aliphatic carbocycles. The number of aromatic amines is 1. The fourth-order valence-corrected chi connectivity index (χ4v) is 6.05. The largest absolute Gasteiger partial charge is 0.453 e. The molecule has 0 fully saturated rings. The third-order valence-corrected chi connectivity index (χ3v) is 7.42. The Kier molecular flexibility index (Phi) is 4.07. The van der Waals surface area contributed by atoms with Crippen LogP contribution < -0.4 is 5.32 Å². The molecule has 0 radical (unpaired) electrons. The number of nitrogens with zero attached hydrogens (tertiary/aromatic N) is 2. The molecule has 6 nitrogen and oxygen atoms in total. The Morgan fingerprint density at radius 2 is 2.17 bits per heavy atom. The van der Waals surface area contributed by atoms with Crippen LogP contribution in [0, 0.1) is 5.82 Å². The third kappa shape index (κ3) is 2.88. The molecule has 0 spiro atoms. The van der Waals surface area contributed by atoms with Crippen molar-refractivity contribution in [1.82, 2.24) is 15.2 Å². The molecule has 4 aromatic rings. The van der Waals surface area contributed by atoms with Crippen LogP contribution in [0.5, 0.6) is 0 Å². The Balaban J connectivity index is 1.36. The summed E-state index contributed by atoms with van der Waals surface area (Å²) in [5.41, 5.74) is 3.27. The number of nitrogens with one attached hydrogen (secondary N) is 2. The van der Waals surface area contributed by atoms with Gasteiger partial charge in [0, 0.05) is 29.3 Å². The van der Waals surface area contributed by atoms with Crippen molar-refractivity contribution >= 4 is 44.9 Å². The molecule has 1 atom stereocenters. The summed E-state index contributed by atoms with van der Waals surface area (Å²) in [7, 11) is 0. The Bertz CT molecular complexity index is 1340. The van der Waals surface area contributed by atoms with Gasteiger partial charge in [0.05, 0.1) is 22.3 Å². The molecule has 1 aromatic carbocycles. The second-order valence-corrected chi connectivity index (χ2v) is 9.56. The van der Waals surface area contributed by atoms with Crippen molar-refractivity contribution in [2.24, 2.45) is 0 Å². The van der Waals surface area contributed by atoms with Gasteiger partial charge in [-0.1, -0.05) is 0 Å². The first-order valence-corrected chi connectivity index (χ1v) is 11.2. The summed E-state index contributed by atoms with van der Waals surface area (Å²) in [6.07, 6.45) is 3.98. The lowest BCUT2D eigenvalue weighted by atomic mass is 9.79. The number of anilines is 1. The summed E-state index contributed by atoms with van der Waals surface area (Å²) in [5, 5.41) is 11.1. The average molecular weight is 439 g/mol. The second kappa shape index (κ2) is 6.82. The molecule has 3 aromatic heterocycles. The van der Waals surface area contributed by atoms with Gasteiger partial charge in [-0.2, -0.15) is 5.10 Å². The number of carbonyl (C=O) groups is 1. The predicted octanol–water partition coefficient (Wildman–Crippen LogP) is 5.47. The van der Waals surface area contributed by atoms with Crippen LogP contribution in [0.1, 0.15) is 36.5 Å². The lowest BCUT2D eigenvalue weighted by Gasteiger charge is -2.30. The minimum absolute atomic E-state index is 0.152. The molecule has 1 aliphatic heterocycles. The van der Waals surface area contributed by atoms with Crippen LogP contribution in [0.15, 0.2) is 61.6 Å². The van der Waals surface area contributed by atoms with E-state index in [4.69, 9.17) is 4.42 Å². The van der Waals surface area contributed by atoms with Crippen LogP contribution >= 0.6 is 23.1 Å². The summed E-state index contributed by atoms with van der Waals surface area (Å²) in [5.74, 6) is 1.09. The number of carbonyl (C=O) groups excluding carboxylic acids is 1. The van der Waals surface area contributed by atoms with E-state index in [-0.39, 0.29) is 17.5 Å². The SMILES string of the molecule is O=C1CCCC2=C1C(c1ccc(Sc3nc4cc(F)ccc4s3)o1)c1cn[nH]c1N2. The molecule has 2 N–H and O–H groups in total. The summed E-state index contributed by atoms with van der Waals surface area (Å²) in [4.78, 5) is 17.2. The van der Waals surface area contributed by atoms with E-state index in [0.717, 1.165) is 44.5 Å². The maximum absolute atomic E-state index is 13.4. The molecule has 9 heteroatoms. The van der Waals surface area contributed by atoms with E-state index >= 15 is 0 Å². The fraction of sp³-hybridized carbons (Fsp3) is 0.190. The van der Waals surface area contributed by atoms with E-state index < -0.39 is 0 Å². The number of hydrogen-bond donors (Lipinski definition) is 2. The number of Topliss-reactive ketones (excluding diaryl/α,β-unsaturated/α-hetero) is 1. The highest BCUT2D eigenvalue weighted by Gasteiger charge is 2.37. The first-order chi connectivity index (χ1) is 14.7. The van der Waals surface area contributed by atoms with Crippen molar-refractivity contribution in [3.63, 3.8) is 0 Å². The average Bonchev–Trinajstić information content (AvgIpc) is 3.45. The van der Waals surface area contributed by atoms with Gasteiger partial charge in [0.25, 0.3) is 0 Å². The summed E-state index contributed by atoms with van der Waals surface area (Å²) >= 11 is 2.89. The van der Waals surface area contributed by atoms with Gasteiger partial charge in [-0.05, 0) is 48.9 Å². The number of fused-ring (bicyclic) bond motifs is 2. The van der Waals surface area contributed by atoms with Crippen molar-refractivity contribution in [3.8, 4) is 0 Å². The first-order valence-electron chi connectivity index (χ1n) is 9.56. The number of thiazole rings is 1. The van der Waals surface area contributed by atoms with E-state index in [1.165, 1.54) is 35.2 Å². The summed E-state index contributed by atoms with van der Waals surface area (Å²) < 4.78 is 21.3. The molecule has 30 heavy (non-hydrogen) atoms. The maximum atomic E-state index is 13.4. The number of furan rings is 1. The number of aromatic nitrogens is 3. The van der Waals surface area contributed by atoms with Crippen LogP contribution in [0.3, 0.4) is 0 Å². The lowest BCUT2D eigenvalue weighted by Crippen LogP contribution is -2.26. The molecular weight excluding hydrogens is 423 g/mol. The Morgan fingerprint density at radius 1 is 1.23 bits per heavy atom. The molecule has 2 aliphatic rings. The van der Waals surface area contributed by atoms with Gasteiger partial charge in [-0.15, -0.1) is 11.3 Å². The number of rotatable bonds is 3. The number of allylic oxidation sites excluding steroid dienone is 2. The quantitative estimate of drug-likeness (QED) is 0.441. The van der Waals surface area contributed by atoms with Gasteiger partial charge in [-0.3, -0.25) is 9.89 Å². The molecule has 150 valence electrons. The Hall–Kier alpha value is -2.91. The van der Waals surface area contributed by atoms with Crippen molar-refractivity contribution < 1.29 is 13.6 Å². The molecule has 0 amide bonds. The zero-order valence-electron chi connectivity index (χ0n) is 15.6. The van der Waals surface area contributed by atoms with Gasteiger partial charge < -0.3 is 9.73 Å². The van der Waals surface area contributed by atoms with Crippen molar-refractivity contribution in [2.45, 2.75) is 34.6 Å². The van der Waals surface area contributed by atoms with Crippen LogP contribution in [-0.4, -0.2) is 21.0 Å². The van der Waals surface area contributed by atoms with Crippen LogP contribution in [0.2, 0.25) is 0 Å². The van der Waals surface area contributed by atoms with Gasteiger partial charge in [0.2, 0.25) is 0 Å². The summed E-state index contributed by atoms with van der Waals surface area (Å²) in [6, 6.07) is 8.41. The van der Waals surface area contributed by atoms with Crippen LogP contribution in [0.4, 0.5) is 10.2 Å². The van der Waals surface area contributed by atoms with Gasteiger partial charge in [0.1, 0.15) is 17.4 Å². The zero-order chi connectivity index (χ0) is 20.2. The van der Waals surface area contributed by atoms with E-state index in [1.807, 2.05) is 12.1 Å². The highest BCUT2D eigenvalue weighted by atomic mass is 32.2. The van der Waals surface area contributed by atoms with Crippen molar-refractivity contribution in [2.75, 3.05) is 5.32 Å². The molecule has 4 heterocycles. The van der Waals surface area contributed by atoms with Crippen LogP contribution in [0.25, 0.3) is 10.2 Å².